The number of carbonyl (C=O) groups is 1. The van der Waals surface area contributed by atoms with Crippen LogP contribution in [-0.4, -0.2) is 21.3 Å². The van der Waals surface area contributed by atoms with Crippen LogP contribution in [0.3, 0.4) is 0 Å². The predicted molar refractivity (Wildman–Crippen MR) is 60.4 cm³/mol. The van der Waals surface area contributed by atoms with Gasteiger partial charge in [0.05, 0.1) is 5.56 Å². The van der Waals surface area contributed by atoms with Crippen molar-refractivity contribution in [1.29, 1.82) is 0 Å². The number of aromatic nitrogens is 2. The Morgan fingerprint density at radius 3 is 2.88 bits per heavy atom. The molecule has 88 valence electrons. The number of benzene rings is 1. The molecule has 1 aromatic heterocycles. The van der Waals surface area contributed by atoms with Crippen LogP contribution in [-0.2, 0) is 0 Å². The fourth-order valence-corrected chi connectivity index (χ4v) is 1.64. The van der Waals surface area contributed by atoms with Crippen LogP contribution in [0.1, 0.15) is 10.5 Å². The Hall–Kier alpha value is -2.08. The molecule has 0 bridgehead atoms. The van der Waals surface area contributed by atoms with E-state index in [0.717, 1.165) is 6.07 Å². The molecule has 0 radical (unpaired) electrons. The second-order valence-electron chi connectivity index (χ2n) is 3.29. The number of nitrogen functional groups attached to an aromatic ring is 1. The van der Waals surface area contributed by atoms with E-state index >= 15 is 0 Å². The lowest BCUT2D eigenvalue weighted by molar-refractivity contribution is 0.0691. The Morgan fingerprint density at radius 2 is 2.24 bits per heavy atom. The van der Waals surface area contributed by atoms with Crippen molar-refractivity contribution >= 4 is 23.4 Å². The lowest BCUT2D eigenvalue weighted by atomic mass is 10.0. The maximum Gasteiger partial charge on any atom is 0.354 e. The summed E-state index contributed by atoms with van der Waals surface area (Å²) in [6.45, 7) is 0. The van der Waals surface area contributed by atoms with Gasteiger partial charge in [0.2, 0.25) is 0 Å². The molecular weight excluding hydrogens is 249 g/mol. The molecular formula is C10H7ClFN3O2. The molecule has 4 N–H and O–H groups in total. The van der Waals surface area contributed by atoms with Gasteiger partial charge in [0.25, 0.3) is 0 Å². The van der Waals surface area contributed by atoms with Crippen molar-refractivity contribution in [2.45, 2.75) is 0 Å². The van der Waals surface area contributed by atoms with Crippen molar-refractivity contribution in [3.8, 4) is 11.1 Å². The highest BCUT2D eigenvalue weighted by molar-refractivity contribution is 6.30. The summed E-state index contributed by atoms with van der Waals surface area (Å²) in [5.74, 6) is -1.99. The number of rotatable bonds is 2. The lowest BCUT2D eigenvalue weighted by Crippen LogP contribution is -2.00. The third-order valence-electron chi connectivity index (χ3n) is 2.21. The third kappa shape index (κ3) is 1.94. The number of H-pyrrole nitrogens is 1. The molecule has 0 saturated heterocycles. The molecule has 1 aromatic carbocycles. The molecule has 0 spiro atoms. The van der Waals surface area contributed by atoms with Gasteiger partial charge in [-0.25, -0.2) is 9.18 Å². The van der Waals surface area contributed by atoms with Crippen molar-refractivity contribution in [1.82, 2.24) is 10.2 Å². The standard InChI is InChI=1S/C10H7ClFN3O2/c11-4-1-2-6(12)5(3-4)7-8(10(16)17)14-15-9(7)13/h1-3H,(H,16,17)(H3,13,14,15). The van der Waals surface area contributed by atoms with Crippen LogP contribution in [0.5, 0.6) is 0 Å². The summed E-state index contributed by atoms with van der Waals surface area (Å²) in [5.41, 5.74) is 5.24. The molecule has 0 fully saturated rings. The number of aromatic carboxylic acids is 1. The highest BCUT2D eigenvalue weighted by atomic mass is 35.5. The summed E-state index contributed by atoms with van der Waals surface area (Å²) in [6.07, 6.45) is 0. The van der Waals surface area contributed by atoms with Crippen molar-refractivity contribution in [2.75, 3.05) is 5.73 Å². The smallest absolute Gasteiger partial charge is 0.354 e. The first kappa shape index (κ1) is 11.4. The fraction of sp³-hybridized carbons (Fsp3) is 0. The van der Waals surface area contributed by atoms with Crippen molar-refractivity contribution in [3.05, 3.63) is 34.7 Å². The zero-order chi connectivity index (χ0) is 12.6. The molecule has 0 unspecified atom stereocenters. The SMILES string of the molecule is Nc1n[nH]c(C(=O)O)c1-c1cc(Cl)ccc1F. The van der Waals surface area contributed by atoms with E-state index in [0.29, 0.717) is 0 Å². The Labute approximate surface area is 100 Å². The molecule has 2 rings (SSSR count). The molecule has 7 heteroatoms. The highest BCUT2D eigenvalue weighted by Gasteiger charge is 2.21. The first-order valence-electron chi connectivity index (χ1n) is 4.53. The van der Waals surface area contributed by atoms with E-state index in [4.69, 9.17) is 22.4 Å². The first-order chi connectivity index (χ1) is 8.00. The summed E-state index contributed by atoms with van der Waals surface area (Å²) in [6, 6.07) is 3.79. The van der Waals surface area contributed by atoms with E-state index in [9.17, 15) is 9.18 Å². The molecule has 0 atom stereocenters. The second-order valence-corrected chi connectivity index (χ2v) is 3.72. The fourth-order valence-electron chi connectivity index (χ4n) is 1.47. The van der Waals surface area contributed by atoms with Crippen LogP contribution in [0.2, 0.25) is 5.02 Å². The van der Waals surface area contributed by atoms with Crippen molar-refractivity contribution < 1.29 is 14.3 Å². The van der Waals surface area contributed by atoms with E-state index in [1.165, 1.54) is 12.1 Å². The topological polar surface area (TPSA) is 92.0 Å². The molecule has 0 amide bonds. The van der Waals surface area contributed by atoms with Gasteiger partial charge in [0.1, 0.15) is 5.82 Å². The van der Waals surface area contributed by atoms with Crippen LogP contribution in [0.15, 0.2) is 18.2 Å². The largest absolute Gasteiger partial charge is 0.477 e. The van der Waals surface area contributed by atoms with Crippen LogP contribution in [0, 0.1) is 5.82 Å². The summed E-state index contributed by atoms with van der Waals surface area (Å²) in [5, 5.41) is 15.0. The van der Waals surface area contributed by atoms with Gasteiger partial charge in [-0.05, 0) is 18.2 Å². The van der Waals surface area contributed by atoms with Crippen LogP contribution >= 0.6 is 11.6 Å². The Kier molecular flexibility index (Phi) is 2.72. The summed E-state index contributed by atoms with van der Waals surface area (Å²) >= 11 is 5.73. The number of hydrogen-bond donors (Lipinski definition) is 3. The maximum absolute atomic E-state index is 13.6. The second kappa shape index (κ2) is 4.06. The minimum atomic E-state index is -1.27. The maximum atomic E-state index is 13.6. The number of hydrogen-bond acceptors (Lipinski definition) is 3. The molecule has 2 aromatic rings. The Morgan fingerprint density at radius 1 is 1.53 bits per heavy atom. The van der Waals surface area contributed by atoms with Gasteiger partial charge in [-0.1, -0.05) is 11.6 Å². The van der Waals surface area contributed by atoms with Gasteiger partial charge >= 0.3 is 5.97 Å². The molecule has 17 heavy (non-hydrogen) atoms. The number of halogens is 2. The Balaban J connectivity index is 2.71. The van der Waals surface area contributed by atoms with E-state index < -0.39 is 11.8 Å². The van der Waals surface area contributed by atoms with E-state index in [1.807, 2.05) is 0 Å². The summed E-state index contributed by atoms with van der Waals surface area (Å²) in [4.78, 5) is 10.9. The third-order valence-corrected chi connectivity index (χ3v) is 2.44. The molecule has 0 aliphatic rings. The number of carboxylic acids is 1. The molecule has 5 nitrogen and oxygen atoms in total. The van der Waals surface area contributed by atoms with Gasteiger partial charge in [0, 0.05) is 10.6 Å². The van der Waals surface area contributed by atoms with Crippen LogP contribution in [0.4, 0.5) is 10.2 Å². The summed E-state index contributed by atoms with van der Waals surface area (Å²) in [7, 11) is 0. The predicted octanol–water partition coefficient (Wildman–Crippen LogP) is 2.15. The van der Waals surface area contributed by atoms with Gasteiger partial charge in [-0.2, -0.15) is 5.10 Å². The minimum absolute atomic E-state index is 0.00106. The number of nitrogens with one attached hydrogen (secondary N) is 1. The van der Waals surface area contributed by atoms with Crippen LogP contribution in [0.25, 0.3) is 11.1 Å². The van der Waals surface area contributed by atoms with Gasteiger partial charge in [0.15, 0.2) is 11.5 Å². The molecule has 0 aliphatic carbocycles. The van der Waals surface area contributed by atoms with Gasteiger partial charge < -0.3 is 10.8 Å². The zero-order valence-corrected chi connectivity index (χ0v) is 9.12. The lowest BCUT2D eigenvalue weighted by Gasteiger charge is -2.03. The monoisotopic (exact) mass is 255 g/mol. The number of nitrogens with two attached hydrogens (primary N) is 1. The highest BCUT2D eigenvalue weighted by Crippen LogP contribution is 2.31. The number of aromatic amines is 1. The average molecular weight is 256 g/mol. The van der Waals surface area contributed by atoms with E-state index in [-0.39, 0.29) is 27.7 Å². The van der Waals surface area contributed by atoms with Gasteiger partial charge in [-0.3, -0.25) is 5.10 Å². The minimum Gasteiger partial charge on any atom is -0.477 e. The Bertz CT molecular complexity index is 597. The zero-order valence-electron chi connectivity index (χ0n) is 8.37. The van der Waals surface area contributed by atoms with E-state index in [2.05, 4.69) is 10.2 Å². The summed E-state index contributed by atoms with van der Waals surface area (Å²) < 4.78 is 13.6. The molecule has 0 aliphatic heterocycles. The van der Waals surface area contributed by atoms with E-state index in [1.54, 1.807) is 0 Å². The van der Waals surface area contributed by atoms with Crippen LogP contribution < -0.4 is 5.73 Å². The quantitative estimate of drug-likeness (QED) is 0.767. The molecule has 1 heterocycles. The normalized spacial score (nSPS) is 10.5. The molecule has 0 saturated carbocycles. The first-order valence-corrected chi connectivity index (χ1v) is 4.91. The van der Waals surface area contributed by atoms with Crippen molar-refractivity contribution in [2.24, 2.45) is 0 Å². The van der Waals surface area contributed by atoms with Crippen molar-refractivity contribution in [3.63, 3.8) is 0 Å². The average Bonchev–Trinajstić information content (AvgIpc) is 2.64. The van der Waals surface area contributed by atoms with Gasteiger partial charge in [-0.15, -0.1) is 0 Å². The number of carboxylic acid groups (broad SMARTS) is 1. The number of anilines is 1. The number of nitrogens with zero attached hydrogens (tertiary/aromatic N) is 1.